The van der Waals surface area contributed by atoms with E-state index >= 15 is 0 Å². The molecule has 16 heteroatoms. The lowest BCUT2D eigenvalue weighted by molar-refractivity contribution is -0.189. The van der Waals surface area contributed by atoms with E-state index in [1.807, 2.05) is 13.8 Å². The second-order valence-electron chi connectivity index (χ2n) is 8.75. The van der Waals surface area contributed by atoms with Gasteiger partial charge in [0.1, 0.15) is 17.6 Å². The van der Waals surface area contributed by atoms with E-state index < -0.39 is 35.7 Å². The van der Waals surface area contributed by atoms with Crippen LogP contribution in [-0.4, -0.2) is 46.8 Å². The van der Waals surface area contributed by atoms with Gasteiger partial charge in [-0.05, 0) is 62.7 Å². The molecule has 1 unspecified atom stereocenters. The van der Waals surface area contributed by atoms with Crippen molar-refractivity contribution in [2.45, 2.75) is 39.1 Å². The van der Waals surface area contributed by atoms with Crippen LogP contribution in [0.5, 0.6) is 17.2 Å². The fourth-order valence-corrected chi connectivity index (χ4v) is 3.55. The first kappa shape index (κ1) is 31.7. The lowest BCUT2D eigenvalue weighted by Gasteiger charge is -2.23. The highest BCUT2D eigenvalue weighted by Gasteiger charge is 2.42. The first-order chi connectivity index (χ1) is 19.8. The van der Waals surface area contributed by atoms with E-state index in [-0.39, 0.29) is 28.3 Å². The Kier molecular flexibility index (Phi) is 10.4. The van der Waals surface area contributed by atoms with Gasteiger partial charge in [0.2, 0.25) is 0 Å². The number of aromatic nitrogens is 2. The van der Waals surface area contributed by atoms with Crippen LogP contribution in [0.2, 0.25) is 5.15 Å². The second-order valence-corrected chi connectivity index (χ2v) is 9.14. The standard InChI is InChI=1S/C26H27ClF3N7O5/c1-4-40-19-11-14(5-8-17(19)41-13(2)3)22(24(38)37-36-21-10-9-20(27)34-35-21)33-15-6-7-16(23(31)32)18(12-15)42-25(39)26(28,29)30/h5-13,22,33H,4H2,1-3H3,(H3,31,32)(H,35,36)(H,37,38). The van der Waals surface area contributed by atoms with Crippen LogP contribution in [0.4, 0.5) is 24.7 Å². The number of alkyl halides is 3. The average molecular weight is 610 g/mol. The fraction of sp³-hybridized carbons (Fsp3) is 0.269. The monoisotopic (exact) mass is 609 g/mol. The van der Waals surface area contributed by atoms with Crippen LogP contribution < -0.4 is 36.1 Å². The maximum atomic E-state index is 13.4. The Balaban J connectivity index is 2.00. The quantitative estimate of drug-likeness (QED) is 0.0652. The van der Waals surface area contributed by atoms with E-state index in [4.69, 9.17) is 32.2 Å². The predicted molar refractivity (Wildman–Crippen MR) is 148 cm³/mol. The van der Waals surface area contributed by atoms with Gasteiger partial charge in [-0.3, -0.25) is 21.1 Å². The molecule has 0 saturated heterocycles. The van der Waals surface area contributed by atoms with Gasteiger partial charge in [0.25, 0.3) is 5.91 Å². The first-order valence-electron chi connectivity index (χ1n) is 12.3. The van der Waals surface area contributed by atoms with Crippen LogP contribution in [0.3, 0.4) is 0 Å². The number of hydrazine groups is 1. The van der Waals surface area contributed by atoms with E-state index in [1.165, 1.54) is 24.3 Å². The lowest BCUT2D eigenvalue weighted by atomic mass is 10.0. The van der Waals surface area contributed by atoms with Crippen molar-refractivity contribution in [3.8, 4) is 17.2 Å². The number of rotatable bonds is 12. The summed E-state index contributed by atoms with van der Waals surface area (Å²) in [5.41, 5.74) is 10.7. The van der Waals surface area contributed by atoms with Gasteiger partial charge < -0.3 is 25.3 Å². The molecule has 1 atom stereocenters. The SMILES string of the molecule is CCOc1cc(C(Nc2ccc(C(=N)N)c(OC(=O)C(F)(F)F)c2)C(=O)NNc2ccc(Cl)nn2)ccc1OC(C)C. The van der Waals surface area contributed by atoms with E-state index in [2.05, 4.69) is 31.1 Å². The lowest BCUT2D eigenvalue weighted by Crippen LogP contribution is -2.37. The average Bonchev–Trinajstić information content (AvgIpc) is 2.91. The molecule has 0 saturated carbocycles. The Morgan fingerprint density at radius 3 is 2.38 bits per heavy atom. The zero-order valence-corrected chi connectivity index (χ0v) is 23.3. The van der Waals surface area contributed by atoms with E-state index in [0.717, 1.165) is 6.07 Å². The van der Waals surface area contributed by atoms with Gasteiger partial charge in [0, 0.05) is 11.8 Å². The summed E-state index contributed by atoms with van der Waals surface area (Å²) in [6, 6.07) is 9.99. The molecule has 6 N–H and O–H groups in total. The molecule has 0 radical (unpaired) electrons. The van der Waals surface area contributed by atoms with Crippen LogP contribution in [0.25, 0.3) is 0 Å². The molecular formula is C26H27ClF3N7O5. The van der Waals surface area contributed by atoms with Crippen LogP contribution in [0, 0.1) is 5.41 Å². The molecule has 1 aromatic heterocycles. The number of esters is 1. The predicted octanol–water partition coefficient (Wildman–Crippen LogP) is 4.36. The minimum absolute atomic E-state index is 0.0527. The summed E-state index contributed by atoms with van der Waals surface area (Å²) in [6.07, 6.45) is -5.47. The van der Waals surface area contributed by atoms with Crippen LogP contribution in [0.1, 0.15) is 37.9 Å². The third-order valence-corrected chi connectivity index (χ3v) is 5.39. The number of ether oxygens (including phenoxy) is 3. The van der Waals surface area contributed by atoms with Crippen LogP contribution in [-0.2, 0) is 9.59 Å². The Bertz CT molecular complexity index is 1440. The second kappa shape index (κ2) is 13.7. The number of hydrogen-bond acceptors (Lipinski definition) is 10. The largest absolute Gasteiger partial charge is 0.491 e. The summed E-state index contributed by atoms with van der Waals surface area (Å²) in [6.45, 7) is 5.73. The Hall–Kier alpha value is -4.79. The van der Waals surface area contributed by atoms with Crippen molar-refractivity contribution in [1.29, 1.82) is 5.41 Å². The molecule has 1 heterocycles. The molecule has 12 nitrogen and oxygen atoms in total. The van der Waals surface area contributed by atoms with Crippen molar-refractivity contribution in [1.82, 2.24) is 15.6 Å². The highest BCUT2D eigenvalue weighted by atomic mass is 35.5. The molecule has 0 aliphatic rings. The molecule has 0 bridgehead atoms. The molecule has 42 heavy (non-hydrogen) atoms. The van der Waals surface area contributed by atoms with Gasteiger partial charge in [0.05, 0.1) is 18.3 Å². The summed E-state index contributed by atoms with van der Waals surface area (Å²) < 4.78 is 54.6. The molecule has 1 amide bonds. The van der Waals surface area contributed by atoms with E-state index in [9.17, 15) is 22.8 Å². The summed E-state index contributed by atoms with van der Waals surface area (Å²) in [5, 5.41) is 18.1. The molecule has 0 aliphatic carbocycles. The summed E-state index contributed by atoms with van der Waals surface area (Å²) in [5.74, 6) is -3.53. The molecule has 3 rings (SSSR count). The van der Waals surface area contributed by atoms with Crippen molar-refractivity contribution in [2.24, 2.45) is 5.73 Å². The smallest absolute Gasteiger partial charge is 0.490 e. The number of hydrogen-bond donors (Lipinski definition) is 5. The number of nitrogens with zero attached hydrogens (tertiary/aromatic N) is 2. The van der Waals surface area contributed by atoms with Crippen molar-refractivity contribution in [3.63, 3.8) is 0 Å². The highest BCUT2D eigenvalue weighted by molar-refractivity contribution is 6.29. The Morgan fingerprint density at radius 2 is 1.79 bits per heavy atom. The maximum Gasteiger partial charge on any atom is 0.491 e. The number of amides is 1. The number of nitrogens with two attached hydrogens (primary N) is 1. The third-order valence-electron chi connectivity index (χ3n) is 5.19. The molecule has 0 spiro atoms. The first-order valence-corrected chi connectivity index (χ1v) is 12.7. The fourth-order valence-electron chi connectivity index (χ4n) is 3.45. The van der Waals surface area contributed by atoms with Crippen molar-refractivity contribution < 1.29 is 37.0 Å². The molecule has 224 valence electrons. The summed E-state index contributed by atoms with van der Waals surface area (Å²) in [4.78, 5) is 24.9. The number of nitrogens with one attached hydrogen (secondary N) is 4. The number of benzene rings is 2. The minimum atomic E-state index is -5.30. The number of carbonyl (C=O) groups is 2. The number of amidine groups is 1. The third kappa shape index (κ3) is 8.60. The number of carbonyl (C=O) groups excluding carboxylic acids is 2. The van der Waals surface area contributed by atoms with Gasteiger partial charge in [-0.1, -0.05) is 17.7 Å². The van der Waals surface area contributed by atoms with Crippen LogP contribution >= 0.6 is 11.6 Å². The van der Waals surface area contributed by atoms with Crippen molar-refractivity contribution in [2.75, 3.05) is 17.3 Å². The molecular weight excluding hydrogens is 583 g/mol. The van der Waals surface area contributed by atoms with Gasteiger partial charge in [-0.15, -0.1) is 10.2 Å². The number of halogens is 4. The zero-order valence-electron chi connectivity index (χ0n) is 22.5. The van der Waals surface area contributed by atoms with E-state index in [1.54, 1.807) is 25.1 Å². The topological polar surface area (TPSA) is 174 Å². The number of nitrogen functional groups attached to an aromatic ring is 1. The molecule has 0 fully saturated rings. The molecule has 0 aliphatic heterocycles. The molecule has 3 aromatic rings. The summed E-state index contributed by atoms with van der Waals surface area (Å²) >= 11 is 5.74. The van der Waals surface area contributed by atoms with Gasteiger partial charge >= 0.3 is 12.1 Å². The minimum Gasteiger partial charge on any atom is -0.490 e. The Morgan fingerprint density at radius 1 is 1.05 bits per heavy atom. The number of anilines is 2. The molecule has 2 aromatic carbocycles. The van der Waals surface area contributed by atoms with Gasteiger partial charge in [-0.2, -0.15) is 13.2 Å². The summed E-state index contributed by atoms with van der Waals surface area (Å²) in [7, 11) is 0. The zero-order chi connectivity index (χ0) is 31.0. The normalized spacial score (nSPS) is 11.8. The van der Waals surface area contributed by atoms with Gasteiger partial charge in [-0.25, -0.2) is 4.79 Å². The maximum absolute atomic E-state index is 13.4. The van der Waals surface area contributed by atoms with Crippen LogP contribution in [0.15, 0.2) is 48.5 Å². The van der Waals surface area contributed by atoms with Gasteiger partial charge in [0.15, 0.2) is 22.5 Å². The Labute approximate surface area is 243 Å². The van der Waals surface area contributed by atoms with Crippen molar-refractivity contribution >= 4 is 40.8 Å². The van der Waals surface area contributed by atoms with E-state index in [0.29, 0.717) is 23.7 Å². The van der Waals surface area contributed by atoms with Crippen molar-refractivity contribution in [3.05, 3.63) is 64.8 Å². The highest BCUT2D eigenvalue weighted by Crippen LogP contribution is 2.34.